The topological polar surface area (TPSA) is 21.3 Å². The zero-order chi connectivity index (χ0) is 12.7. The van der Waals surface area contributed by atoms with Gasteiger partial charge < -0.3 is 10.1 Å². The molecule has 1 N–H and O–H groups in total. The molecule has 1 aromatic carbocycles. The molecular formula is C14H22ClNO. The quantitative estimate of drug-likeness (QED) is 0.749. The summed E-state index contributed by atoms with van der Waals surface area (Å²) in [4.78, 5) is 0. The highest BCUT2D eigenvalue weighted by Gasteiger charge is 2.00. The second-order valence-corrected chi connectivity index (χ2v) is 5.01. The molecule has 3 heteroatoms. The molecule has 0 spiro atoms. The lowest BCUT2D eigenvalue weighted by molar-refractivity contribution is 0.303. The molecule has 2 nitrogen and oxygen atoms in total. The summed E-state index contributed by atoms with van der Waals surface area (Å²) < 4.78 is 5.71. The van der Waals surface area contributed by atoms with Crippen LogP contribution in [0.15, 0.2) is 18.2 Å². The Labute approximate surface area is 109 Å². The number of hydrogen-bond acceptors (Lipinski definition) is 2. The Bertz CT molecular complexity index is 339. The SMILES string of the molecule is Cc1ccc(Cl)cc1OCCCCNC(C)C. The van der Waals surface area contributed by atoms with Crippen LogP contribution < -0.4 is 10.1 Å². The predicted molar refractivity (Wildman–Crippen MR) is 74.1 cm³/mol. The molecule has 0 amide bonds. The Balaban J connectivity index is 2.20. The molecule has 0 aliphatic carbocycles. The van der Waals surface area contributed by atoms with Crippen LogP contribution in [0, 0.1) is 6.92 Å². The number of rotatable bonds is 7. The number of benzene rings is 1. The number of halogens is 1. The van der Waals surface area contributed by atoms with E-state index >= 15 is 0 Å². The molecule has 96 valence electrons. The third kappa shape index (κ3) is 5.94. The number of hydrogen-bond donors (Lipinski definition) is 1. The summed E-state index contributed by atoms with van der Waals surface area (Å²) in [6, 6.07) is 6.31. The molecule has 0 aromatic heterocycles. The van der Waals surface area contributed by atoms with Gasteiger partial charge in [-0.3, -0.25) is 0 Å². The summed E-state index contributed by atoms with van der Waals surface area (Å²) in [5.74, 6) is 0.898. The van der Waals surface area contributed by atoms with Gasteiger partial charge in [0.05, 0.1) is 6.61 Å². The van der Waals surface area contributed by atoms with Crippen molar-refractivity contribution in [1.29, 1.82) is 0 Å². The fraction of sp³-hybridized carbons (Fsp3) is 0.571. The monoisotopic (exact) mass is 255 g/mol. The minimum atomic E-state index is 0.561. The maximum atomic E-state index is 5.92. The van der Waals surface area contributed by atoms with Crippen molar-refractivity contribution in [2.45, 2.75) is 39.7 Å². The van der Waals surface area contributed by atoms with Crippen LogP contribution >= 0.6 is 11.6 Å². The summed E-state index contributed by atoms with van der Waals surface area (Å²) >= 11 is 5.92. The fourth-order valence-corrected chi connectivity index (χ4v) is 1.69. The lowest BCUT2D eigenvalue weighted by Crippen LogP contribution is -2.23. The predicted octanol–water partition coefficient (Wildman–Crippen LogP) is 3.81. The van der Waals surface area contributed by atoms with E-state index in [-0.39, 0.29) is 0 Å². The van der Waals surface area contributed by atoms with Gasteiger partial charge in [-0.15, -0.1) is 0 Å². The molecule has 1 aromatic rings. The standard InChI is InChI=1S/C14H22ClNO/c1-11(2)16-8-4-5-9-17-14-10-13(15)7-6-12(14)3/h6-7,10-11,16H,4-5,8-9H2,1-3H3. The summed E-state index contributed by atoms with van der Waals surface area (Å²) in [5, 5.41) is 4.12. The second kappa shape index (κ2) is 7.57. The Morgan fingerprint density at radius 2 is 2.06 bits per heavy atom. The van der Waals surface area contributed by atoms with Crippen LogP contribution in [0.2, 0.25) is 5.02 Å². The normalized spacial score (nSPS) is 10.9. The Morgan fingerprint density at radius 1 is 1.29 bits per heavy atom. The molecule has 0 fully saturated rings. The minimum Gasteiger partial charge on any atom is -0.493 e. The first-order valence-corrected chi connectivity index (χ1v) is 6.59. The molecule has 0 bridgehead atoms. The zero-order valence-electron chi connectivity index (χ0n) is 10.9. The van der Waals surface area contributed by atoms with Crippen LogP contribution in [0.3, 0.4) is 0 Å². The molecule has 0 aliphatic heterocycles. The first-order valence-electron chi connectivity index (χ1n) is 6.22. The molecule has 0 saturated heterocycles. The van der Waals surface area contributed by atoms with E-state index in [9.17, 15) is 0 Å². The van der Waals surface area contributed by atoms with Crippen LogP contribution in [-0.4, -0.2) is 19.2 Å². The van der Waals surface area contributed by atoms with Gasteiger partial charge in [0, 0.05) is 11.1 Å². The van der Waals surface area contributed by atoms with E-state index < -0.39 is 0 Å². The summed E-state index contributed by atoms with van der Waals surface area (Å²) in [5.41, 5.74) is 1.13. The Hall–Kier alpha value is -0.730. The molecule has 1 rings (SSSR count). The van der Waals surface area contributed by atoms with E-state index in [0.29, 0.717) is 6.04 Å². The molecule has 0 saturated carbocycles. The summed E-state index contributed by atoms with van der Waals surface area (Å²) in [6.45, 7) is 8.15. The molecular weight excluding hydrogens is 234 g/mol. The summed E-state index contributed by atoms with van der Waals surface area (Å²) in [7, 11) is 0. The summed E-state index contributed by atoms with van der Waals surface area (Å²) in [6.07, 6.45) is 2.20. The van der Waals surface area contributed by atoms with E-state index in [0.717, 1.165) is 42.3 Å². The molecule has 0 radical (unpaired) electrons. The maximum absolute atomic E-state index is 5.92. The zero-order valence-corrected chi connectivity index (χ0v) is 11.7. The molecule has 17 heavy (non-hydrogen) atoms. The highest BCUT2D eigenvalue weighted by Crippen LogP contribution is 2.22. The van der Waals surface area contributed by atoms with Crippen LogP contribution in [0.1, 0.15) is 32.3 Å². The third-order valence-corrected chi connectivity index (χ3v) is 2.77. The lowest BCUT2D eigenvalue weighted by Gasteiger charge is -2.10. The third-order valence-electron chi connectivity index (χ3n) is 2.53. The average molecular weight is 256 g/mol. The van der Waals surface area contributed by atoms with Crippen LogP contribution in [0.25, 0.3) is 0 Å². The highest BCUT2D eigenvalue weighted by atomic mass is 35.5. The van der Waals surface area contributed by atoms with Gasteiger partial charge in [-0.25, -0.2) is 0 Å². The van der Waals surface area contributed by atoms with E-state index in [1.807, 2.05) is 25.1 Å². The minimum absolute atomic E-state index is 0.561. The Kier molecular flexibility index (Phi) is 6.38. The maximum Gasteiger partial charge on any atom is 0.123 e. The van der Waals surface area contributed by atoms with Gasteiger partial charge in [0.15, 0.2) is 0 Å². The number of unbranched alkanes of at least 4 members (excludes halogenated alkanes) is 1. The van der Waals surface area contributed by atoms with E-state index in [2.05, 4.69) is 19.2 Å². The van der Waals surface area contributed by atoms with Crippen molar-refractivity contribution in [2.75, 3.05) is 13.2 Å². The Morgan fingerprint density at radius 3 is 2.76 bits per heavy atom. The average Bonchev–Trinajstić information content (AvgIpc) is 2.27. The van der Waals surface area contributed by atoms with Gasteiger partial charge in [-0.2, -0.15) is 0 Å². The molecule has 0 heterocycles. The van der Waals surface area contributed by atoms with Gasteiger partial charge in [0.25, 0.3) is 0 Å². The van der Waals surface area contributed by atoms with Gasteiger partial charge in [0.1, 0.15) is 5.75 Å². The fourth-order valence-electron chi connectivity index (χ4n) is 1.53. The number of aryl methyl sites for hydroxylation is 1. The number of nitrogens with one attached hydrogen (secondary N) is 1. The van der Waals surface area contributed by atoms with E-state index in [1.54, 1.807) is 0 Å². The first kappa shape index (κ1) is 14.3. The van der Waals surface area contributed by atoms with Crippen molar-refractivity contribution in [2.24, 2.45) is 0 Å². The van der Waals surface area contributed by atoms with Crippen molar-refractivity contribution in [1.82, 2.24) is 5.32 Å². The van der Waals surface area contributed by atoms with Crippen molar-refractivity contribution in [3.8, 4) is 5.75 Å². The lowest BCUT2D eigenvalue weighted by atomic mass is 10.2. The smallest absolute Gasteiger partial charge is 0.123 e. The van der Waals surface area contributed by atoms with Crippen molar-refractivity contribution >= 4 is 11.6 Å². The van der Waals surface area contributed by atoms with Gasteiger partial charge in [-0.05, 0) is 44.0 Å². The molecule has 0 aliphatic rings. The van der Waals surface area contributed by atoms with Gasteiger partial charge >= 0.3 is 0 Å². The second-order valence-electron chi connectivity index (χ2n) is 4.57. The molecule has 0 atom stereocenters. The largest absolute Gasteiger partial charge is 0.493 e. The van der Waals surface area contributed by atoms with Crippen molar-refractivity contribution in [3.05, 3.63) is 28.8 Å². The van der Waals surface area contributed by atoms with E-state index in [4.69, 9.17) is 16.3 Å². The van der Waals surface area contributed by atoms with Crippen LogP contribution in [0.5, 0.6) is 5.75 Å². The van der Waals surface area contributed by atoms with Gasteiger partial charge in [-0.1, -0.05) is 31.5 Å². The van der Waals surface area contributed by atoms with Crippen LogP contribution in [-0.2, 0) is 0 Å². The van der Waals surface area contributed by atoms with Crippen molar-refractivity contribution in [3.63, 3.8) is 0 Å². The first-order chi connectivity index (χ1) is 8.09. The van der Waals surface area contributed by atoms with Gasteiger partial charge in [0.2, 0.25) is 0 Å². The number of ether oxygens (including phenoxy) is 1. The molecule has 0 unspecified atom stereocenters. The van der Waals surface area contributed by atoms with E-state index in [1.165, 1.54) is 0 Å². The van der Waals surface area contributed by atoms with Crippen molar-refractivity contribution < 1.29 is 4.74 Å². The van der Waals surface area contributed by atoms with Crippen LogP contribution in [0.4, 0.5) is 0 Å². The highest BCUT2D eigenvalue weighted by molar-refractivity contribution is 6.30.